The van der Waals surface area contributed by atoms with Crippen LogP contribution in [0.15, 0.2) is 32.9 Å². The summed E-state index contributed by atoms with van der Waals surface area (Å²) in [6, 6.07) is 0. The van der Waals surface area contributed by atoms with E-state index >= 15 is 0 Å². The van der Waals surface area contributed by atoms with Gasteiger partial charge in [-0.1, -0.05) is 0 Å². The highest BCUT2D eigenvalue weighted by Crippen LogP contribution is 2.43. The van der Waals surface area contributed by atoms with Crippen LogP contribution in [0, 0.1) is 5.92 Å². The number of allylic oxidation sites excluding steroid dienone is 5. The average molecular weight is 309 g/mol. The summed E-state index contributed by atoms with van der Waals surface area (Å²) in [5, 5.41) is 5.29. The largest absolute Gasteiger partial charge is 0.362 e. The van der Waals surface area contributed by atoms with Crippen molar-refractivity contribution >= 4 is 35.1 Å². The zero-order chi connectivity index (χ0) is 14.9. The molecule has 0 unspecified atom stereocenters. The summed E-state index contributed by atoms with van der Waals surface area (Å²) in [6.07, 6.45) is 0. The van der Waals surface area contributed by atoms with Crippen LogP contribution in [-0.2, 0) is 9.59 Å². The molecule has 0 aliphatic carbocycles. The Morgan fingerprint density at radius 3 is 2.05 bits per heavy atom. The number of thioether (sulfide) groups is 2. The van der Waals surface area contributed by atoms with Gasteiger partial charge in [0.1, 0.15) is 0 Å². The van der Waals surface area contributed by atoms with E-state index in [1.165, 1.54) is 0 Å². The molecule has 2 aliphatic rings. The summed E-state index contributed by atoms with van der Waals surface area (Å²) in [6.45, 7) is 6.97. The summed E-state index contributed by atoms with van der Waals surface area (Å²) < 4.78 is 0. The molecule has 0 saturated carbocycles. The van der Waals surface area contributed by atoms with Gasteiger partial charge in [-0.15, -0.1) is 23.5 Å². The number of hydrogen-bond donors (Lipinski definition) is 1. The van der Waals surface area contributed by atoms with Gasteiger partial charge in [0.05, 0.1) is 5.92 Å². The molecule has 0 amide bonds. The number of ketones is 2. The Labute approximate surface area is 128 Å². The summed E-state index contributed by atoms with van der Waals surface area (Å²) in [5.41, 5.74) is 3.17. The topological polar surface area (TPSA) is 46.2 Å². The minimum atomic E-state index is -0.191. The molecule has 0 bridgehead atoms. The van der Waals surface area contributed by atoms with Gasteiger partial charge in [0.25, 0.3) is 0 Å². The van der Waals surface area contributed by atoms with Crippen molar-refractivity contribution in [1.29, 1.82) is 0 Å². The number of hydrogen-bond acceptors (Lipinski definition) is 5. The number of nitrogens with one attached hydrogen (secondary N) is 1. The molecule has 0 radical (unpaired) electrons. The molecule has 0 fully saturated rings. The third kappa shape index (κ3) is 2.88. The Bertz CT molecular complexity index is 522. The van der Waals surface area contributed by atoms with Crippen LogP contribution in [0.5, 0.6) is 0 Å². The lowest BCUT2D eigenvalue weighted by molar-refractivity contribution is -0.114. The minimum Gasteiger partial charge on any atom is -0.362 e. The van der Waals surface area contributed by atoms with Crippen molar-refractivity contribution in [2.24, 2.45) is 5.92 Å². The maximum absolute atomic E-state index is 12.1. The third-order valence-corrected chi connectivity index (χ3v) is 5.84. The number of carbonyl (C=O) groups is 2. The van der Waals surface area contributed by atoms with Crippen molar-refractivity contribution < 1.29 is 9.59 Å². The quantitative estimate of drug-likeness (QED) is 0.867. The van der Waals surface area contributed by atoms with E-state index in [1.807, 2.05) is 13.8 Å². The highest BCUT2D eigenvalue weighted by molar-refractivity contribution is 8.09. The Balaban J connectivity index is 2.57. The van der Waals surface area contributed by atoms with Gasteiger partial charge in [-0.05, 0) is 33.1 Å². The molecule has 0 saturated heterocycles. The summed E-state index contributed by atoms with van der Waals surface area (Å²) in [7, 11) is 0. The predicted octanol–water partition coefficient (Wildman–Crippen LogP) is 3.25. The second kappa shape index (κ2) is 6.22. The molecule has 0 atom stereocenters. The molecule has 108 valence electrons. The lowest BCUT2D eigenvalue weighted by Gasteiger charge is -2.32. The van der Waals surface area contributed by atoms with Crippen LogP contribution in [0.1, 0.15) is 27.7 Å². The molecule has 0 aromatic rings. The van der Waals surface area contributed by atoms with Crippen LogP contribution < -0.4 is 5.32 Å². The second-order valence-corrected chi connectivity index (χ2v) is 7.13. The smallest absolute Gasteiger partial charge is 0.158 e. The highest BCUT2D eigenvalue weighted by Gasteiger charge is 2.35. The van der Waals surface area contributed by atoms with Crippen molar-refractivity contribution in [3.63, 3.8) is 0 Å². The van der Waals surface area contributed by atoms with Crippen molar-refractivity contribution in [3.05, 3.63) is 32.9 Å². The van der Waals surface area contributed by atoms with Gasteiger partial charge in [0, 0.05) is 39.0 Å². The van der Waals surface area contributed by atoms with Gasteiger partial charge in [0.15, 0.2) is 11.6 Å². The number of carbonyl (C=O) groups excluding carboxylic acids is 2. The summed E-state index contributed by atoms with van der Waals surface area (Å²) in [4.78, 5) is 25.2. The van der Waals surface area contributed by atoms with E-state index < -0.39 is 0 Å². The maximum atomic E-state index is 12.1. The fraction of sp³-hybridized carbons (Fsp3) is 0.467. The van der Waals surface area contributed by atoms with E-state index in [4.69, 9.17) is 0 Å². The molecule has 2 heterocycles. The predicted molar refractivity (Wildman–Crippen MR) is 86.4 cm³/mol. The second-order valence-electron chi connectivity index (χ2n) is 4.99. The normalized spacial score (nSPS) is 20.7. The van der Waals surface area contributed by atoms with E-state index in [2.05, 4.69) is 10.7 Å². The van der Waals surface area contributed by atoms with Crippen molar-refractivity contribution in [1.82, 2.24) is 5.32 Å². The Kier molecular flexibility index (Phi) is 4.81. The fourth-order valence-corrected chi connectivity index (χ4v) is 5.00. The van der Waals surface area contributed by atoms with Crippen LogP contribution in [-0.4, -0.2) is 23.1 Å². The first-order valence-corrected chi connectivity index (χ1v) is 8.61. The standard InChI is InChI=1S/C15H19NO2S2/c1-8-13(10(3)17)15(12-7-19-5-6-20-12)14(11(4)18)9(2)16-8/h7,15-16H,5-6H2,1-4H3. The zero-order valence-corrected chi connectivity index (χ0v) is 13.8. The van der Waals surface area contributed by atoms with Crippen LogP contribution in [0.4, 0.5) is 0 Å². The van der Waals surface area contributed by atoms with Gasteiger partial charge in [-0.2, -0.15) is 0 Å². The number of Topliss-reactive ketones (excluding diaryl/α,β-unsaturated/α-hetero) is 2. The number of rotatable bonds is 3. The summed E-state index contributed by atoms with van der Waals surface area (Å²) in [5.74, 6) is 1.97. The third-order valence-electron chi connectivity index (χ3n) is 3.47. The molecule has 0 spiro atoms. The molecular weight excluding hydrogens is 290 g/mol. The Morgan fingerprint density at radius 2 is 1.65 bits per heavy atom. The lowest BCUT2D eigenvalue weighted by Crippen LogP contribution is -2.31. The maximum Gasteiger partial charge on any atom is 0.158 e. The average Bonchev–Trinajstić information content (AvgIpc) is 2.37. The summed E-state index contributed by atoms with van der Waals surface area (Å²) >= 11 is 3.51. The van der Waals surface area contributed by atoms with Crippen molar-refractivity contribution in [2.75, 3.05) is 11.5 Å². The molecule has 3 nitrogen and oxygen atoms in total. The Morgan fingerprint density at radius 1 is 1.10 bits per heavy atom. The minimum absolute atomic E-state index is 0.0309. The molecule has 20 heavy (non-hydrogen) atoms. The molecular formula is C15H19NO2S2. The molecule has 2 aliphatic heterocycles. The number of dihydropyridines is 1. The Hall–Kier alpha value is -0.940. The first-order chi connectivity index (χ1) is 9.43. The first kappa shape index (κ1) is 15.4. The van der Waals surface area contributed by atoms with E-state index in [9.17, 15) is 9.59 Å². The highest BCUT2D eigenvalue weighted by atomic mass is 32.2. The van der Waals surface area contributed by atoms with Gasteiger partial charge < -0.3 is 5.32 Å². The van der Waals surface area contributed by atoms with E-state index in [-0.39, 0.29) is 17.5 Å². The van der Waals surface area contributed by atoms with Crippen molar-refractivity contribution in [2.45, 2.75) is 27.7 Å². The van der Waals surface area contributed by atoms with Crippen LogP contribution in [0.3, 0.4) is 0 Å². The van der Waals surface area contributed by atoms with E-state index in [0.29, 0.717) is 0 Å². The lowest BCUT2D eigenvalue weighted by atomic mass is 9.82. The first-order valence-electron chi connectivity index (χ1n) is 6.58. The van der Waals surface area contributed by atoms with Crippen LogP contribution in [0.25, 0.3) is 0 Å². The van der Waals surface area contributed by atoms with E-state index in [1.54, 1.807) is 37.4 Å². The molecule has 1 N–H and O–H groups in total. The van der Waals surface area contributed by atoms with Gasteiger partial charge in [0.2, 0.25) is 0 Å². The van der Waals surface area contributed by atoms with Crippen molar-refractivity contribution in [3.8, 4) is 0 Å². The monoisotopic (exact) mass is 309 g/mol. The molecule has 5 heteroatoms. The molecule has 2 rings (SSSR count). The fourth-order valence-electron chi connectivity index (χ4n) is 2.75. The molecule has 0 aromatic heterocycles. The van der Waals surface area contributed by atoms with Gasteiger partial charge >= 0.3 is 0 Å². The van der Waals surface area contributed by atoms with Crippen LogP contribution >= 0.6 is 23.5 Å². The van der Waals surface area contributed by atoms with E-state index in [0.717, 1.165) is 39.0 Å². The molecule has 0 aromatic carbocycles. The SMILES string of the molecule is CC(=O)C1=C(C)NC(C)=C(C(C)=O)C1C1=CSCCS1. The van der Waals surface area contributed by atoms with Gasteiger partial charge in [-0.3, -0.25) is 9.59 Å². The zero-order valence-electron chi connectivity index (χ0n) is 12.2. The van der Waals surface area contributed by atoms with Crippen LogP contribution in [0.2, 0.25) is 0 Å². The van der Waals surface area contributed by atoms with Gasteiger partial charge in [-0.25, -0.2) is 0 Å².